The third-order valence-corrected chi connectivity index (χ3v) is 5.96. The lowest BCUT2D eigenvalue weighted by molar-refractivity contribution is 0.0765. The largest absolute Gasteiger partial charge is 0.338 e. The number of rotatable bonds is 5. The average Bonchev–Trinajstić information content (AvgIpc) is 3.09. The standard InChI is InChI=1S/C23H26N2O2/c1-15(26)18-9-4-5-10-19(18)16-7-6-8-17(11-16)23(27)25-13-21-20(12-24(2)3)22(21)14-25/h4-11,20-22H,12-14H2,1-3H3/t20?,21-,22+. The molecule has 4 rings (SSSR count). The molecule has 1 aliphatic heterocycles. The van der Waals surface area contributed by atoms with E-state index in [1.807, 2.05) is 53.4 Å². The summed E-state index contributed by atoms with van der Waals surface area (Å²) in [4.78, 5) is 29.2. The molecule has 2 aromatic carbocycles. The second-order valence-corrected chi connectivity index (χ2v) is 8.15. The van der Waals surface area contributed by atoms with E-state index in [9.17, 15) is 9.59 Å². The maximum absolute atomic E-state index is 13.0. The first-order valence-electron chi connectivity index (χ1n) is 9.60. The van der Waals surface area contributed by atoms with Gasteiger partial charge in [0.1, 0.15) is 0 Å². The number of nitrogens with zero attached hydrogens (tertiary/aromatic N) is 2. The maximum atomic E-state index is 13.0. The van der Waals surface area contributed by atoms with Crippen LogP contribution in [0.1, 0.15) is 27.6 Å². The summed E-state index contributed by atoms with van der Waals surface area (Å²) in [6.45, 7) is 4.44. The Morgan fingerprint density at radius 1 is 1.04 bits per heavy atom. The van der Waals surface area contributed by atoms with Crippen LogP contribution in [0, 0.1) is 17.8 Å². The molecule has 4 nitrogen and oxygen atoms in total. The van der Waals surface area contributed by atoms with Gasteiger partial charge in [-0.25, -0.2) is 0 Å². The van der Waals surface area contributed by atoms with Crippen LogP contribution < -0.4 is 0 Å². The predicted molar refractivity (Wildman–Crippen MR) is 107 cm³/mol. The maximum Gasteiger partial charge on any atom is 0.253 e. The monoisotopic (exact) mass is 362 g/mol. The van der Waals surface area contributed by atoms with Crippen molar-refractivity contribution in [2.24, 2.45) is 17.8 Å². The molecule has 1 amide bonds. The van der Waals surface area contributed by atoms with Crippen molar-refractivity contribution in [2.75, 3.05) is 33.7 Å². The summed E-state index contributed by atoms with van der Waals surface area (Å²) in [6.07, 6.45) is 0. The molecule has 1 saturated heterocycles. The van der Waals surface area contributed by atoms with Gasteiger partial charge >= 0.3 is 0 Å². The van der Waals surface area contributed by atoms with Crippen LogP contribution in [0.4, 0.5) is 0 Å². The van der Waals surface area contributed by atoms with Gasteiger partial charge in [-0.3, -0.25) is 9.59 Å². The van der Waals surface area contributed by atoms with Gasteiger partial charge in [-0.2, -0.15) is 0 Å². The van der Waals surface area contributed by atoms with Crippen LogP contribution in [-0.4, -0.2) is 55.2 Å². The average molecular weight is 362 g/mol. The van der Waals surface area contributed by atoms with Crippen LogP contribution in [0.2, 0.25) is 0 Å². The van der Waals surface area contributed by atoms with E-state index in [4.69, 9.17) is 0 Å². The summed E-state index contributed by atoms with van der Waals surface area (Å²) in [7, 11) is 4.22. The lowest BCUT2D eigenvalue weighted by Crippen LogP contribution is -2.33. The first-order chi connectivity index (χ1) is 13.0. The third-order valence-electron chi connectivity index (χ3n) is 5.96. The van der Waals surface area contributed by atoms with Crippen LogP contribution in [0.25, 0.3) is 11.1 Å². The van der Waals surface area contributed by atoms with Crippen molar-refractivity contribution in [3.05, 3.63) is 59.7 Å². The van der Waals surface area contributed by atoms with Crippen LogP contribution in [-0.2, 0) is 0 Å². The molecule has 0 N–H and O–H groups in total. The molecule has 4 heteroatoms. The van der Waals surface area contributed by atoms with Gasteiger partial charge in [0.2, 0.25) is 0 Å². The van der Waals surface area contributed by atoms with Crippen LogP contribution >= 0.6 is 0 Å². The molecule has 0 bridgehead atoms. The van der Waals surface area contributed by atoms with E-state index in [2.05, 4.69) is 19.0 Å². The van der Waals surface area contributed by atoms with E-state index in [1.54, 1.807) is 6.92 Å². The summed E-state index contributed by atoms with van der Waals surface area (Å²) in [5.74, 6) is 2.22. The normalized spacial score (nSPS) is 23.4. The quantitative estimate of drug-likeness (QED) is 0.765. The van der Waals surface area contributed by atoms with Gasteiger partial charge in [-0.15, -0.1) is 0 Å². The summed E-state index contributed by atoms with van der Waals surface area (Å²) in [5, 5.41) is 0. The lowest BCUT2D eigenvalue weighted by atomic mass is 9.96. The molecule has 1 heterocycles. The van der Waals surface area contributed by atoms with E-state index in [1.165, 1.54) is 0 Å². The molecule has 0 aromatic heterocycles. The smallest absolute Gasteiger partial charge is 0.253 e. The molecule has 0 radical (unpaired) electrons. The van der Waals surface area contributed by atoms with Crippen LogP contribution in [0.3, 0.4) is 0 Å². The molecule has 140 valence electrons. The number of Topliss-reactive ketones (excluding diaryl/α,β-unsaturated/α-hetero) is 1. The number of amides is 1. The molecular weight excluding hydrogens is 336 g/mol. The summed E-state index contributed by atoms with van der Waals surface area (Å²) >= 11 is 0. The zero-order valence-electron chi connectivity index (χ0n) is 16.2. The Hall–Kier alpha value is -2.46. The highest BCUT2D eigenvalue weighted by molar-refractivity contribution is 6.02. The van der Waals surface area contributed by atoms with Crippen molar-refractivity contribution < 1.29 is 9.59 Å². The Bertz CT molecular complexity index is 877. The summed E-state index contributed by atoms with van der Waals surface area (Å²) in [6, 6.07) is 15.3. The molecular formula is C23H26N2O2. The number of ketones is 1. The molecule has 27 heavy (non-hydrogen) atoms. The van der Waals surface area contributed by atoms with Crippen molar-refractivity contribution in [3.8, 4) is 11.1 Å². The van der Waals surface area contributed by atoms with Gasteiger partial charge in [-0.05, 0) is 62.0 Å². The number of likely N-dealkylation sites (tertiary alicyclic amines) is 1. The number of benzene rings is 2. The van der Waals surface area contributed by atoms with E-state index in [0.717, 1.165) is 36.7 Å². The van der Waals surface area contributed by atoms with Gasteiger partial charge in [-0.1, -0.05) is 36.4 Å². The Balaban J connectivity index is 1.51. The zero-order chi connectivity index (χ0) is 19.1. The number of hydrogen-bond acceptors (Lipinski definition) is 3. The molecule has 2 aliphatic rings. The topological polar surface area (TPSA) is 40.6 Å². The van der Waals surface area contributed by atoms with Crippen molar-refractivity contribution in [1.29, 1.82) is 0 Å². The third kappa shape index (κ3) is 3.42. The molecule has 0 spiro atoms. The van der Waals surface area contributed by atoms with Gasteiger partial charge in [0.05, 0.1) is 0 Å². The van der Waals surface area contributed by atoms with Gasteiger partial charge < -0.3 is 9.80 Å². The Kier molecular flexibility index (Phi) is 4.60. The molecule has 1 unspecified atom stereocenters. The zero-order valence-corrected chi connectivity index (χ0v) is 16.2. The highest BCUT2D eigenvalue weighted by Crippen LogP contribution is 2.52. The first kappa shape index (κ1) is 17.9. The number of carbonyl (C=O) groups is 2. The molecule has 3 atom stereocenters. The minimum atomic E-state index is 0.0360. The van der Waals surface area contributed by atoms with Crippen LogP contribution in [0.15, 0.2) is 48.5 Å². The fourth-order valence-corrected chi connectivity index (χ4v) is 4.55. The first-order valence-corrected chi connectivity index (χ1v) is 9.60. The Morgan fingerprint density at radius 3 is 2.41 bits per heavy atom. The SMILES string of the molecule is CC(=O)c1ccccc1-c1cccc(C(=O)N2C[C@@H]3C(CN(C)C)[C@@H]3C2)c1. The van der Waals surface area contributed by atoms with Crippen molar-refractivity contribution in [2.45, 2.75) is 6.92 Å². The fourth-order valence-electron chi connectivity index (χ4n) is 4.55. The Labute approximate surface area is 160 Å². The van der Waals surface area contributed by atoms with Crippen molar-refractivity contribution >= 4 is 11.7 Å². The lowest BCUT2D eigenvalue weighted by Gasteiger charge is -2.21. The van der Waals surface area contributed by atoms with E-state index >= 15 is 0 Å². The molecule has 1 saturated carbocycles. The van der Waals surface area contributed by atoms with E-state index < -0.39 is 0 Å². The number of piperidine rings is 1. The number of fused-ring (bicyclic) bond motifs is 1. The molecule has 2 aromatic rings. The van der Waals surface area contributed by atoms with Crippen LogP contribution in [0.5, 0.6) is 0 Å². The van der Waals surface area contributed by atoms with Crippen molar-refractivity contribution in [3.63, 3.8) is 0 Å². The number of carbonyl (C=O) groups excluding carboxylic acids is 2. The predicted octanol–water partition coefficient (Wildman–Crippen LogP) is 3.44. The van der Waals surface area contributed by atoms with E-state index in [0.29, 0.717) is 23.0 Å². The second-order valence-electron chi connectivity index (χ2n) is 8.15. The number of hydrogen-bond donors (Lipinski definition) is 0. The van der Waals surface area contributed by atoms with Crippen molar-refractivity contribution in [1.82, 2.24) is 9.80 Å². The Morgan fingerprint density at radius 2 is 1.74 bits per heavy atom. The molecule has 1 aliphatic carbocycles. The second kappa shape index (κ2) is 6.93. The van der Waals surface area contributed by atoms with Gasteiger partial charge in [0.15, 0.2) is 5.78 Å². The van der Waals surface area contributed by atoms with Gasteiger partial charge in [0, 0.05) is 30.8 Å². The van der Waals surface area contributed by atoms with Gasteiger partial charge in [0.25, 0.3) is 5.91 Å². The highest BCUT2D eigenvalue weighted by atomic mass is 16.2. The minimum absolute atomic E-state index is 0.0360. The fraction of sp³-hybridized carbons (Fsp3) is 0.391. The van der Waals surface area contributed by atoms with E-state index in [-0.39, 0.29) is 11.7 Å². The summed E-state index contributed by atoms with van der Waals surface area (Å²) < 4.78 is 0. The minimum Gasteiger partial charge on any atom is -0.338 e. The highest BCUT2D eigenvalue weighted by Gasteiger charge is 2.56. The molecule has 2 fully saturated rings. The summed E-state index contributed by atoms with van der Waals surface area (Å²) in [5.41, 5.74) is 3.20.